The van der Waals surface area contributed by atoms with Gasteiger partial charge in [0, 0.05) is 6.42 Å². The van der Waals surface area contributed by atoms with E-state index in [-0.39, 0.29) is 0 Å². The van der Waals surface area contributed by atoms with E-state index in [0.717, 1.165) is 6.42 Å². The standard InChI is InChI=1S/C7H9OS/c1-6(2)4-3-5-7(8)9/h6H,4H2,1-2H3. The van der Waals surface area contributed by atoms with Gasteiger partial charge in [0.15, 0.2) is 0 Å². The normalized spacial score (nSPS) is 8.33. The highest BCUT2D eigenvalue weighted by molar-refractivity contribution is 7.97. The van der Waals surface area contributed by atoms with Crippen molar-refractivity contribution in [2.75, 3.05) is 0 Å². The summed E-state index contributed by atoms with van der Waals surface area (Å²) < 4.78 is 0. The molecule has 0 unspecified atom stereocenters. The maximum Gasteiger partial charge on any atom is 0.293 e. The molecular formula is C7H9OS. The molecule has 0 aliphatic carbocycles. The molecule has 1 nitrogen and oxygen atoms in total. The predicted molar refractivity (Wildman–Crippen MR) is 39.8 cm³/mol. The summed E-state index contributed by atoms with van der Waals surface area (Å²) in [7, 11) is 0. The van der Waals surface area contributed by atoms with Crippen molar-refractivity contribution < 1.29 is 4.79 Å². The summed E-state index contributed by atoms with van der Waals surface area (Å²) in [6, 6.07) is 0. The second kappa shape index (κ2) is 4.34. The first-order valence-corrected chi connectivity index (χ1v) is 3.23. The minimum atomic E-state index is -0.462. The average Bonchev–Trinajstić information content (AvgIpc) is 1.63. The zero-order chi connectivity index (χ0) is 7.28. The molecule has 0 aromatic rings. The second-order valence-electron chi connectivity index (χ2n) is 2.19. The van der Waals surface area contributed by atoms with E-state index in [1.807, 2.05) is 13.8 Å². The SMILES string of the molecule is CC(C)CC#CC(=O)[S]. The summed E-state index contributed by atoms with van der Waals surface area (Å²) in [5, 5.41) is -0.462. The zero-order valence-electron chi connectivity index (χ0n) is 5.60. The van der Waals surface area contributed by atoms with Crippen molar-refractivity contribution in [3.05, 3.63) is 0 Å². The Bertz CT molecular complexity index is 150. The topological polar surface area (TPSA) is 17.1 Å². The first kappa shape index (κ1) is 8.45. The molecule has 9 heavy (non-hydrogen) atoms. The molecule has 0 aliphatic heterocycles. The van der Waals surface area contributed by atoms with Crippen LogP contribution in [0.1, 0.15) is 20.3 Å². The Morgan fingerprint density at radius 3 is 2.56 bits per heavy atom. The lowest BCUT2D eigenvalue weighted by Gasteiger charge is -1.91. The third kappa shape index (κ3) is 7.45. The Balaban J connectivity index is 3.50. The Hall–Kier alpha value is -0.550. The molecule has 0 bridgehead atoms. The lowest BCUT2D eigenvalue weighted by atomic mass is 10.1. The Morgan fingerprint density at radius 1 is 1.67 bits per heavy atom. The van der Waals surface area contributed by atoms with E-state index in [9.17, 15) is 4.79 Å². The van der Waals surface area contributed by atoms with Crippen LogP contribution in [0.3, 0.4) is 0 Å². The van der Waals surface area contributed by atoms with Crippen molar-refractivity contribution in [1.29, 1.82) is 0 Å². The molecule has 0 N–H and O–H groups in total. The molecule has 0 spiro atoms. The molecule has 0 amide bonds. The summed E-state index contributed by atoms with van der Waals surface area (Å²) >= 11 is 4.22. The van der Waals surface area contributed by atoms with E-state index >= 15 is 0 Å². The molecule has 49 valence electrons. The van der Waals surface area contributed by atoms with Crippen molar-refractivity contribution in [2.24, 2.45) is 5.92 Å². The number of hydrogen-bond donors (Lipinski definition) is 0. The van der Waals surface area contributed by atoms with Gasteiger partial charge in [0.1, 0.15) is 0 Å². The van der Waals surface area contributed by atoms with Crippen LogP contribution in [0.4, 0.5) is 0 Å². The molecule has 0 atom stereocenters. The maximum absolute atomic E-state index is 10.1. The van der Waals surface area contributed by atoms with Crippen LogP contribution in [0, 0.1) is 17.8 Å². The maximum atomic E-state index is 10.1. The Kier molecular flexibility index (Phi) is 4.08. The lowest BCUT2D eigenvalue weighted by molar-refractivity contribution is -0.106. The number of carbonyl (C=O) groups is 1. The fourth-order valence-corrected chi connectivity index (χ4v) is 0.399. The number of hydrogen-bond acceptors (Lipinski definition) is 1. The van der Waals surface area contributed by atoms with E-state index in [4.69, 9.17) is 0 Å². The smallest absolute Gasteiger partial charge is 0.267 e. The molecule has 0 aromatic heterocycles. The summed E-state index contributed by atoms with van der Waals surface area (Å²) in [6.45, 7) is 4.09. The molecular weight excluding hydrogens is 132 g/mol. The molecule has 0 rings (SSSR count). The lowest BCUT2D eigenvalue weighted by Crippen LogP contribution is -1.83. The second-order valence-corrected chi connectivity index (χ2v) is 2.56. The number of carbonyl (C=O) groups excluding carboxylic acids is 1. The van der Waals surface area contributed by atoms with Gasteiger partial charge < -0.3 is 0 Å². The molecule has 2 heteroatoms. The molecule has 0 aromatic carbocycles. The highest BCUT2D eigenvalue weighted by Crippen LogP contribution is 1.95. The summed E-state index contributed by atoms with van der Waals surface area (Å²) in [4.78, 5) is 10.1. The zero-order valence-corrected chi connectivity index (χ0v) is 6.42. The van der Waals surface area contributed by atoms with Crippen LogP contribution in [0.2, 0.25) is 0 Å². The largest absolute Gasteiger partial charge is 0.293 e. The van der Waals surface area contributed by atoms with E-state index in [0.29, 0.717) is 5.92 Å². The van der Waals surface area contributed by atoms with Crippen LogP contribution < -0.4 is 0 Å². The van der Waals surface area contributed by atoms with Crippen molar-refractivity contribution in [3.63, 3.8) is 0 Å². The third-order valence-electron chi connectivity index (χ3n) is 0.701. The van der Waals surface area contributed by atoms with Gasteiger partial charge in [-0.25, -0.2) is 0 Å². The van der Waals surface area contributed by atoms with E-state index in [1.165, 1.54) is 0 Å². The van der Waals surface area contributed by atoms with Gasteiger partial charge in [0.2, 0.25) is 0 Å². The predicted octanol–water partition coefficient (Wildman–Crippen LogP) is 1.76. The summed E-state index contributed by atoms with van der Waals surface area (Å²) in [6.07, 6.45) is 0.752. The van der Waals surface area contributed by atoms with Crippen molar-refractivity contribution in [1.82, 2.24) is 0 Å². The van der Waals surface area contributed by atoms with Gasteiger partial charge in [0.25, 0.3) is 5.12 Å². The van der Waals surface area contributed by atoms with Crippen LogP contribution in [0.25, 0.3) is 0 Å². The summed E-state index contributed by atoms with van der Waals surface area (Å²) in [5.74, 6) is 5.50. The first-order chi connectivity index (χ1) is 4.13. The van der Waals surface area contributed by atoms with Crippen molar-refractivity contribution in [3.8, 4) is 11.8 Å². The van der Waals surface area contributed by atoms with Crippen LogP contribution >= 0.6 is 12.6 Å². The van der Waals surface area contributed by atoms with Crippen LogP contribution in [-0.4, -0.2) is 5.12 Å². The van der Waals surface area contributed by atoms with E-state index < -0.39 is 5.12 Å². The van der Waals surface area contributed by atoms with Gasteiger partial charge in [-0.3, -0.25) is 4.79 Å². The Labute approximate surface area is 61.2 Å². The van der Waals surface area contributed by atoms with E-state index in [1.54, 1.807) is 0 Å². The van der Waals surface area contributed by atoms with Gasteiger partial charge >= 0.3 is 0 Å². The molecule has 0 fully saturated rings. The van der Waals surface area contributed by atoms with Gasteiger partial charge in [-0.15, -0.1) is 0 Å². The quantitative estimate of drug-likeness (QED) is 0.508. The third-order valence-corrected chi connectivity index (χ3v) is 0.803. The van der Waals surface area contributed by atoms with Gasteiger partial charge in [-0.2, -0.15) is 0 Å². The van der Waals surface area contributed by atoms with Gasteiger partial charge in [0.05, 0.1) is 0 Å². The fourth-order valence-electron chi connectivity index (χ4n) is 0.327. The molecule has 0 saturated carbocycles. The highest BCUT2D eigenvalue weighted by Gasteiger charge is 1.87. The molecule has 0 aliphatic rings. The minimum Gasteiger partial charge on any atom is -0.267 e. The molecule has 0 saturated heterocycles. The molecule has 1 radical (unpaired) electrons. The van der Waals surface area contributed by atoms with Crippen LogP contribution in [0.15, 0.2) is 0 Å². The monoisotopic (exact) mass is 141 g/mol. The van der Waals surface area contributed by atoms with Crippen molar-refractivity contribution >= 4 is 17.7 Å². The van der Waals surface area contributed by atoms with Crippen molar-refractivity contribution in [2.45, 2.75) is 20.3 Å². The minimum absolute atomic E-state index is 0.462. The van der Waals surface area contributed by atoms with Gasteiger partial charge in [-0.1, -0.05) is 19.8 Å². The highest BCUT2D eigenvalue weighted by atomic mass is 32.1. The first-order valence-electron chi connectivity index (χ1n) is 2.82. The van der Waals surface area contributed by atoms with Gasteiger partial charge in [-0.05, 0) is 24.5 Å². The summed E-state index contributed by atoms with van der Waals surface area (Å²) in [5.41, 5.74) is 0. The molecule has 0 heterocycles. The fraction of sp³-hybridized carbons (Fsp3) is 0.571. The van der Waals surface area contributed by atoms with E-state index in [2.05, 4.69) is 24.5 Å². The Morgan fingerprint density at radius 2 is 2.22 bits per heavy atom. The van der Waals surface area contributed by atoms with Crippen LogP contribution in [0.5, 0.6) is 0 Å². The van der Waals surface area contributed by atoms with Crippen LogP contribution in [-0.2, 0) is 4.79 Å². The number of rotatable bonds is 1. The average molecular weight is 141 g/mol.